The van der Waals surface area contributed by atoms with Crippen molar-refractivity contribution in [1.82, 2.24) is 10.1 Å². The summed E-state index contributed by atoms with van der Waals surface area (Å²) in [6, 6.07) is 0. The normalized spacial score (nSPS) is 11.4. The Hall–Kier alpha value is -0.160. The number of hydroxylamine groups is 4. The van der Waals surface area contributed by atoms with Crippen molar-refractivity contribution in [3.05, 3.63) is 0 Å². The van der Waals surface area contributed by atoms with E-state index >= 15 is 0 Å². The van der Waals surface area contributed by atoms with Crippen LogP contribution in [0.3, 0.4) is 0 Å². The van der Waals surface area contributed by atoms with Gasteiger partial charge in [-0.15, -0.1) is 0 Å². The van der Waals surface area contributed by atoms with Gasteiger partial charge in [0.25, 0.3) is 0 Å². The molecule has 0 saturated heterocycles. The number of unbranched alkanes of at least 4 members (excludes halogenated alkanes) is 1. The maximum atomic E-state index is 8.67. The van der Waals surface area contributed by atoms with Crippen LogP contribution in [0.2, 0.25) is 0 Å². The Kier molecular flexibility index (Phi) is 5.52. The highest BCUT2D eigenvalue weighted by molar-refractivity contribution is 4.43. The molecule has 4 nitrogen and oxygen atoms in total. The van der Waals surface area contributed by atoms with Gasteiger partial charge < -0.3 is 10.4 Å². The van der Waals surface area contributed by atoms with E-state index < -0.39 is 0 Å². The van der Waals surface area contributed by atoms with Crippen molar-refractivity contribution in [2.24, 2.45) is 0 Å². The minimum Gasteiger partial charge on any atom is -0.314 e. The maximum absolute atomic E-state index is 8.67. The molecule has 0 fully saturated rings. The molecule has 0 spiro atoms. The quantitative estimate of drug-likeness (QED) is 0.438. The van der Waals surface area contributed by atoms with Gasteiger partial charge in [0, 0.05) is 27.2 Å². The fourth-order valence-electron chi connectivity index (χ4n) is 0.681. The van der Waals surface area contributed by atoms with Crippen molar-refractivity contribution in [3.63, 3.8) is 0 Å². The third kappa shape index (κ3) is 7.84. The Bertz CT molecular complexity index is 66.1. The van der Waals surface area contributed by atoms with Crippen molar-refractivity contribution < 1.29 is 10.4 Å². The minimum absolute atomic E-state index is 0.661. The van der Waals surface area contributed by atoms with E-state index in [9.17, 15) is 0 Å². The summed E-state index contributed by atoms with van der Waals surface area (Å²) < 4.78 is 0. The number of hydrogen-bond acceptors (Lipinski definition) is 4. The molecule has 2 N–H and O–H groups in total. The van der Waals surface area contributed by atoms with Crippen LogP contribution in [0.1, 0.15) is 12.8 Å². The highest BCUT2D eigenvalue weighted by Gasteiger charge is 1.93. The Morgan fingerprint density at radius 3 is 1.40 bits per heavy atom. The number of nitrogens with zero attached hydrogens (tertiary/aromatic N) is 2. The predicted octanol–water partition coefficient (Wildman–Crippen LogP) is 0.409. The molecule has 4 heteroatoms. The first kappa shape index (κ1) is 9.84. The van der Waals surface area contributed by atoms with E-state index in [1.807, 2.05) is 0 Å². The van der Waals surface area contributed by atoms with Crippen LogP contribution < -0.4 is 0 Å². The zero-order valence-electron chi connectivity index (χ0n) is 6.62. The van der Waals surface area contributed by atoms with Gasteiger partial charge in [-0.25, -0.2) is 0 Å². The van der Waals surface area contributed by atoms with Gasteiger partial charge in [0.15, 0.2) is 0 Å². The third-order valence-electron chi connectivity index (χ3n) is 1.21. The SMILES string of the molecule is CN(O)CCCCN(C)O. The molecule has 62 valence electrons. The molecule has 10 heavy (non-hydrogen) atoms. The zero-order valence-corrected chi connectivity index (χ0v) is 6.62. The topological polar surface area (TPSA) is 46.9 Å². The standard InChI is InChI=1S/C6H16N2O2/c1-7(9)5-3-4-6-8(2)10/h9-10H,3-6H2,1-2H3. The molecule has 0 aliphatic heterocycles. The summed E-state index contributed by atoms with van der Waals surface area (Å²) in [7, 11) is 3.23. The van der Waals surface area contributed by atoms with E-state index in [0.717, 1.165) is 23.0 Å². The second-order valence-corrected chi connectivity index (χ2v) is 2.47. The molecule has 0 heterocycles. The first-order valence-corrected chi connectivity index (χ1v) is 3.43. The first-order chi connectivity index (χ1) is 4.63. The van der Waals surface area contributed by atoms with Gasteiger partial charge in [-0.2, -0.15) is 10.1 Å². The molecule has 0 aromatic carbocycles. The summed E-state index contributed by atoms with van der Waals surface area (Å²) in [5, 5.41) is 19.7. The van der Waals surface area contributed by atoms with Gasteiger partial charge >= 0.3 is 0 Å². The van der Waals surface area contributed by atoms with Crippen LogP contribution in [0.15, 0.2) is 0 Å². The molecule has 0 bridgehead atoms. The number of rotatable bonds is 5. The molecule has 0 atom stereocenters. The first-order valence-electron chi connectivity index (χ1n) is 3.43. The second kappa shape index (κ2) is 5.61. The Morgan fingerprint density at radius 2 is 1.20 bits per heavy atom. The van der Waals surface area contributed by atoms with E-state index in [1.165, 1.54) is 0 Å². The molecule has 0 amide bonds. The summed E-state index contributed by atoms with van der Waals surface area (Å²) >= 11 is 0. The van der Waals surface area contributed by atoms with E-state index in [2.05, 4.69) is 0 Å². The van der Waals surface area contributed by atoms with Crippen molar-refractivity contribution >= 4 is 0 Å². The van der Waals surface area contributed by atoms with Crippen LogP contribution in [-0.2, 0) is 0 Å². The lowest BCUT2D eigenvalue weighted by molar-refractivity contribution is -0.0774. The van der Waals surface area contributed by atoms with Crippen molar-refractivity contribution in [1.29, 1.82) is 0 Å². The molecule has 0 radical (unpaired) electrons. The van der Waals surface area contributed by atoms with Crippen LogP contribution in [-0.4, -0.2) is 47.7 Å². The van der Waals surface area contributed by atoms with Crippen LogP contribution >= 0.6 is 0 Å². The predicted molar refractivity (Wildman–Crippen MR) is 38.1 cm³/mol. The molecule has 0 aromatic rings. The Labute approximate surface area is 61.6 Å². The summed E-state index contributed by atoms with van der Waals surface area (Å²) in [6.45, 7) is 1.32. The van der Waals surface area contributed by atoms with Gasteiger partial charge in [0.2, 0.25) is 0 Å². The van der Waals surface area contributed by atoms with Crippen molar-refractivity contribution in [3.8, 4) is 0 Å². The molecule has 0 aromatic heterocycles. The molecule has 0 aliphatic rings. The summed E-state index contributed by atoms with van der Waals surface area (Å²) in [5.74, 6) is 0. The molecular weight excluding hydrogens is 132 g/mol. The largest absolute Gasteiger partial charge is 0.314 e. The summed E-state index contributed by atoms with van der Waals surface area (Å²) in [6.07, 6.45) is 1.80. The van der Waals surface area contributed by atoms with Crippen LogP contribution in [0, 0.1) is 0 Å². The molecule has 0 aliphatic carbocycles. The van der Waals surface area contributed by atoms with Gasteiger partial charge in [0.1, 0.15) is 0 Å². The van der Waals surface area contributed by atoms with Gasteiger partial charge in [-0.3, -0.25) is 0 Å². The van der Waals surface area contributed by atoms with Crippen molar-refractivity contribution in [2.75, 3.05) is 27.2 Å². The van der Waals surface area contributed by atoms with E-state index in [-0.39, 0.29) is 0 Å². The smallest absolute Gasteiger partial charge is 0.0235 e. The van der Waals surface area contributed by atoms with Gasteiger partial charge in [-0.1, -0.05) is 0 Å². The Morgan fingerprint density at radius 1 is 0.900 bits per heavy atom. The van der Waals surface area contributed by atoms with E-state index in [4.69, 9.17) is 10.4 Å². The van der Waals surface area contributed by atoms with E-state index in [1.54, 1.807) is 14.1 Å². The fourth-order valence-corrected chi connectivity index (χ4v) is 0.681. The van der Waals surface area contributed by atoms with Crippen LogP contribution in [0.4, 0.5) is 0 Å². The summed E-state index contributed by atoms with van der Waals surface area (Å²) in [5.41, 5.74) is 0. The lowest BCUT2D eigenvalue weighted by Gasteiger charge is -2.09. The Balaban J connectivity index is 2.91. The molecule has 0 unspecified atom stereocenters. The monoisotopic (exact) mass is 148 g/mol. The van der Waals surface area contributed by atoms with Crippen LogP contribution in [0.5, 0.6) is 0 Å². The van der Waals surface area contributed by atoms with Gasteiger partial charge in [-0.05, 0) is 12.8 Å². The zero-order chi connectivity index (χ0) is 7.98. The fraction of sp³-hybridized carbons (Fsp3) is 1.00. The highest BCUT2D eigenvalue weighted by atomic mass is 16.5. The lowest BCUT2D eigenvalue weighted by Crippen LogP contribution is -2.18. The average Bonchev–Trinajstić information content (AvgIpc) is 1.79. The summed E-state index contributed by atoms with van der Waals surface area (Å²) in [4.78, 5) is 0. The van der Waals surface area contributed by atoms with Crippen LogP contribution in [0.25, 0.3) is 0 Å². The molecule has 0 saturated carbocycles. The minimum atomic E-state index is 0.661. The lowest BCUT2D eigenvalue weighted by atomic mass is 10.3. The van der Waals surface area contributed by atoms with Crippen molar-refractivity contribution in [2.45, 2.75) is 12.8 Å². The number of hydrogen-bond donors (Lipinski definition) is 2. The molecular formula is C6H16N2O2. The second-order valence-electron chi connectivity index (χ2n) is 2.47. The maximum Gasteiger partial charge on any atom is 0.0235 e. The third-order valence-corrected chi connectivity index (χ3v) is 1.21. The van der Waals surface area contributed by atoms with Gasteiger partial charge in [0.05, 0.1) is 0 Å². The highest BCUT2D eigenvalue weighted by Crippen LogP contribution is 1.90. The molecule has 0 rings (SSSR count). The average molecular weight is 148 g/mol. The van der Waals surface area contributed by atoms with E-state index in [0.29, 0.717) is 13.1 Å².